The maximum atomic E-state index is 12.6. The van der Waals surface area contributed by atoms with Crippen molar-refractivity contribution < 1.29 is 14.3 Å². The molecule has 3 heterocycles. The highest BCUT2D eigenvalue weighted by Crippen LogP contribution is 2.26. The van der Waals surface area contributed by atoms with Gasteiger partial charge in [0.1, 0.15) is 18.0 Å². The van der Waals surface area contributed by atoms with E-state index in [4.69, 9.17) is 9.47 Å². The fraction of sp³-hybridized carbons (Fsp3) is 0.440. The summed E-state index contributed by atoms with van der Waals surface area (Å²) in [4.78, 5) is 25.0. The van der Waals surface area contributed by atoms with E-state index in [2.05, 4.69) is 32.1 Å². The van der Waals surface area contributed by atoms with Gasteiger partial charge in [-0.15, -0.1) is 0 Å². The lowest BCUT2D eigenvalue weighted by molar-refractivity contribution is 0.0950. The number of hydrogen-bond acceptors (Lipinski definition) is 6. The molecule has 1 saturated heterocycles. The van der Waals surface area contributed by atoms with Gasteiger partial charge in [-0.3, -0.25) is 9.69 Å². The summed E-state index contributed by atoms with van der Waals surface area (Å²) in [5.74, 6) is 0.750. The molecule has 0 saturated carbocycles. The highest BCUT2D eigenvalue weighted by molar-refractivity contribution is 6.06. The topological polar surface area (TPSA) is 82.7 Å². The molecule has 0 radical (unpaired) electrons. The maximum Gasteiger partial charge on any atom is 0.253 e. The molecule has 2 aromatic heterocycles. The second-order valence-electron chi connectivity index (χ2n) is 8.44. The van der Waals surface area contributed by atoms with Crippen LogP contribution < -0.4 is 10.1 Å². The van der Waals surface area contributed by atoms with Crippen LogP contribution in [0.5, 0.6) is 5.75 Å². The van der Waals surface area contributed by atoms with Crippen LogP contribution in [0.25, 0.3) is 22.2 Å². The van der Waals surface area contributed by atoms with E-state index in [1.807, 2.05) is 36.5 Å². The van der Waals surface area contributed by atoms with Crippen molar-refractivity contribution in [3.8, 4) is 16.9 Å². The normalized spacial score (nSPS) is 15.1. The van der Waals surface area contributed by atoms with Crippen LogP contribution in [-0.2, 0) is 4.74 Å². The zero-order chi connectivity index (χ0) is 23.0. The molecule has 4 rings (SSSR count). The van der Waals surface area contributed by atoms with Crippen LogP contribution in [0.1, 0.15) is 16.8 Å². The third-order valence-corrected chi connectivity index (χ3v) is 6.05. The van der Waals surface area contributed by atoms with E-state index in [-0.39, 0.29) is 5.91 Å². The average molecular weight is 452 g/mol. The van der Waals surface area contributed by atoms with Gasteiger partial charge in [0.25, 0.3) is 5.91 Å². The number of ether oxygens (including phenoxy) is 2. The van der Waals surface area contributed by atoms with Crippen LogP contribution in [0.15, 0.2) is 42.7 Å². The molecule has 33 heavy (non-hydrogen) atoms. The van der Waals surface area contributed by atoms with Crippen LogP contribution in [0.3, 0.4) is 0 Å². The number of aromatic nitrogens is 2. The number of amides is 1. The molecule has 3 aromatic rings. The molecule has 0 bridgehead atoms. The van der Waals surface area contributed by atoms with Gasteiger partial charge < -0.3 is 24.7 Å². The van der Waals surface area contributed by atoms with Gasteiger partial charge in [-0.1, -0.05) is 12.1 Å². The smallest absolute Gasteiger partial charge is 0.253 e. The molecular formula is C25H33N5O3. The summed E-state index contributed by atoms with van der Waals surface area (Å²) in [6.45, 7) is 7.25. The van der Waals surface area contributed by atoms with Crippen LogP contribution in [0.2, 0.25) is 0 Å². The molecule has 8 heteroatoms. The number of nitrogens with one attached hydrogen (secondary N) is 2. The molecule has 8 nitrogen and oxygen atoms in total. The molecule has 176 valence electrons. The first-order valence-corrected chi connectivity index (χ1v) is 11.5. The van der Waals surface area contributed by atoms with Crippen molar-refractivity contribution in [2.75, 3.05) is 66.6 Å². The quantitative estimate of drug-likeness (QED) is 0.461. The largest absolute Gasteiger partial charge is 0.492 e. The standard InChI is InChI=1S/C25H33N5O3/c1-29-9-11-30(12-10-29)13-15-33-21-6-4-19(5-7-21)20-16-22-23(18-28-24(22)27-17-20)25(31)26-8-3-14-32-2/h4-7,16-18H,3,8-15H2,1-2H3,(H,26,31)(H,27,28). The summed E-state index contributed by atoms with van der Waals surface area (Å²) in [7, 11) is 3.82. The number of piperazine rings is 1. The second kappa shape index (κ2) is 11.3. The zero-order valence-electron chi connectivity index (χ0n) is 19.5. The van der Waals surface area contributed by atoms with E-state index in [1.54, 1.807) is 13.3 Å². The van der Waals surface area contributed by atoms with Gasteiger partial charge in [-0.05, 0) is 37.2 Å². The summed E-state index contributed by atoms with van der Waals surface area (Å²) in [6.07, 6.45) is 4.31. The molecule has 0 aliphatic carbocycles. The van der Waals surface area contributed by atoms with Crippen LogP contribution >= 0.6 is 0 Å². The summed E-state index contributed by atoms with van der Waals surface area (Å²) >= 11 is 0. The van der Waals surface area contributed by atoms with Gasteiger partial charge in [0, 0.05) is 76.3 Å². The number of rotatable bonds is 10. The van der Waals surface area contributed by atoms with E-state index in [0.717, 1.165) is 61.4 Å². The second-order valence-corrected chi connectivity index (χ2v) is 8.44. The van der Waals surface area contributed by atoms with Crippen molar-refractivity contribution in [3.05, 3.63) is 48.3 Å². The molecule has 1 aromatic carbocycles. The molecule has 2 N–H and O–H groups in total. The van der Waals surface area contributed by atoms with Crippen LogP contribution in [0.4, 0.5) is 0 Å². The molecule has 1 amide bonds. The van der Waals surface area contributed by atoms with Gasteiger partial charge in [0.2, 0.25) is 0 Å². The summed E-state index contributed by atoms with van der Waals surface area (Å²) in [6, 6.07) is 10.1. The van der Waals surface area contributed by atoms with Crippen molar-refractivity contribution in [1.29, 1.82) is 0 Å². The number of hydrogen-bond donors (Lipinski definition) is 2. The van der Waals surface area contributed by atoms with Gasteiger partial charge in [-0.2, -0.15) is 0 Å². The molecule has 0 spiro atoms. The fourth-order valence-electron chi connectivity index (χ4n) is 3.97. The van der Waals surface area contributed by atoms with Gasteiger partial charge in [0.15, 0.2) is 0 Å². The Labute approximate surface area is 194 Å². The monoisotopic (exact) mass is 451 g/mol. The number of carbonyl (C=O) groups excluding carboxylic acids is 1. The minimum Gasteiger partial charge on any atom is -0.492 e. The predicted octanol–water partition coefficient (Wildman–Crippen LogP) is 2.62. The number of H-pyrrole nitrogens is 1. The molecule has 0 atom stereocenters. The highest BCUT2D eigenvalue weighted by Gasteiger charge is 2.14. The lowest BCUT2D eigenvalue weighted by atomic mass is 10.1. The Morgan fingerprint density at radius 1 is 1.12 bits per heavy atom. The number of fused-ring (bicyclic) bond motifs is 1. The van der Waals surface area contributed by atoms with Crippen LogP contribution in [0, 0.1) is 0 Å². The van der Waals surface area contributed by atoms with E-state index in [1.165, 1.54) is 0 Å². The average Bonchev–Trinajstić information content (AvgIpc) is 3.27. The Bertz CT molecular complexity index is 1040. The number of likely N-dealkylation sites (N-methyl/N-ethyl adjacent to an activating group) is 1. The molecular weight excluding hydrogens is 418 g/mol. The Morgan fingerprint density at radius 3 is 2.67 bits per heavy atom. The minimum absolute atomic E-state index is 0.111. The molecule has 1 aliphatic heterocycles. The Balaban J connectivity index is 1.36. The van der Waals surface area contributed by atoms with Crippen molar-refractivity contribution in [3.63, 3.8) is 0 Å². The molecule has 1 aliphatic rings. The lowest BCUT2D eigenvalue weighted by Crippen LogP contribution is -2.45. The van der Waals surface area contributed by atoms with Gasteiger partial charge in [-0.25, -0.2) is 4.98 Å². The van der Waals surface area contributed by atoms with Crippen molar-refractivity contribution >= 4 is 16.9 Å². The predicted molar refractivity (Wildman–Crippen MR) is 130 cm³/mol. The Hall–Kier alpha value is -2.94. The van der Waals surface area contributed by atoms with E-state index >= 15 is 0 Å². The van der Waals surface area contributed by atoms with E-state index < -0.39 is 0 Å². The highest BCUT2D eigenvalue weighted by atomic mass is 16.5. The van der Waals surface area contributed by atoms with E-state index in [9.17, 15) is 4.79 Å². The SMILES string of the molecule is COCCCNC(=O)c1c[nH]c2ncc(-c3ccc(OCCN4CCN(C)CC4)cc3)cc12. The molecule has 1 fully saturated rings. The summed E-state index contributed by atoms with van der Waals surface area (Å²) in [5.41, 5.74) is 3.29. The third kappa shape index (κ3) is 6.10. The Morgan fingerprint density at radius 2 is 1.91 bits per heavy atom. The zero-order valence-corrected chi connectivity index (χ0v) is 19.5. The Kier molecular flexibility index (Phi) is 7.93. The lowest BCUT2D eigenvalue weighted by Gasteiger charge is -2.32. The van der Waals surface area contributed by atoms with Crippen LogP contribution in [-0.4, -0.2) is 92.3 Å². The first-order valence-electron chi connectivity index (χ1n) is 11.5. The van der Waals surface area contributed by atoms with Crippen molar-refractivity contribution in [2.45, 2.75) is 6.42 Å². The summed E-state index contributed by atoms with van der Waals surface area (Å²) in [5, 5.41) is 3.74. The maximum absolute atomic E-state index is 12.6. The first kappa shape index (κ1) is 23.2. The number of carbonyl (C=O) groups is 1. The number of benzene rings is 1. The van der Waals surface area contributed by atoms with Crippen molar-refractivity contribution in [2.24, 2.45) is 0 Å². The number of pyridine rings is 1. The number of aromatic amines is 1. The van der Waals surface area contributed by atoms with Gasteiger partial charge in [0.05, 0.1) is 5.56 Å². The van der Waals surface area contributed by atoms with Gasteiger partial charge >= 0.3 is 0 Å². The summed E-state index contributed by atoms with van der Waals surface area (Å²) < 4.78 is 11.0. The van der Waals surface area contributed by atoms with Crippen molar-refractivity contribution in [1.82, 2.24) is 25.1 Å². The fourth-order valence-corrected chi connectivity index (χ4v) is 3.97. The third-order valence-electron chi connectivity index (χ3n) is 6.05. The number of methoxy groups -OCH3 is 1. The first-order chi connectivity index (χ1) is 16.1. The minimum atomic E-state index is -0.111. The number of nitrogens with zero attached hydrogens (tertiary/aromatic N) is 3. The molecule has 0 unspecified atom stereocenters. The van der Waals surface area contributed by atoms with E-state index in [0.29, 0.717) is 31.0 Å².